The Hall–Kier alpha value is -2.48. The van der Waals surface area contributed by atoms with Gasteiger partial charge in [-0.2, -0.15) is 0 Å². The van der Waals surface area contributed by atoms with Gasteiger partial charge in [-0.05, 0) is 18.1 Å². The van der Waals surface area contributed by atoms with Gasteiger partial charge in [-0.3, -0.25) is 4.90 Å². The summed E-state index contributed by atoms with van der Waals surface area (Å²) in [4.78, 5) is 27.0. The lowest BCUT2D eigenvalue weighted by Crippen LogP contribution is -2.50. The molecule has 1 N–H and O–H groups in total. The van der Waals surface area contributed by atoms with Gasteiger partial charge in [-0.15, -0.1) is 6.42 Å². The maximum absolute atomic E-state index is 12.7. The van der Waals surface area contributed by atoms with Crippen LogP contribution >= 0.6 is 0 Å². The third-order valence-corrected chi connectivity index (χ3v) is 3.51. The first-order chi connectivity index (χ1) is 10.1. The van der Waals surface area contributed by atoms with Gasteiger partial charge in [0.15, 0.2) is 0 Å². The van der Waals surface area contributed by atoms with Gasteiger partial charge in [0.1, 0.15) is 6.04 Å². The third kappa shape index (κ3) is 2.84. The van der Waals surface area contributed by atoms with Crippen LogP contribution in [-0.4, -0.2) is 41.1 Å². The predicted octanol–water partition coefficient (Wildman–Crippen LogP) is 1.97. The molecule has 5 heteroatoms. The van der Waals surface area contributed by atoms with Crippen molar-refractivity contribution in [3.8, 4) is 12.3 Å². The molecule has 0 aromatic heterocycles. The molecule has 110 valence electrons. The predicted molar refractivity (Wildman–Crippen MR) is 80.1 cm³/mol. The van der Waals surface area contributed by atoms with Gasteiger partial charge < -0.3 is 10.0 Å². The van der Waals surface area contributed by atoms with Gasteiger partial charge in [0.25, 0.3) is 0 Å². The van der Waals surface area contributed by atoms with Crippen LogP contribution in [0.5, 0.6) is 0 Å². The van der Waals surface area contributed by atoms with Crippen molar-refractivity contribution < 1.29 is 14.7 Å². The van der Waals surface area contributed by atoms with E-state index in [1.54, 1.807) is 12.1 Å². The van der Waals surface area contributed by atoms with Crippen LogP contribution in [0, 0.1) is 12.3 Å². The molecule has 0 fully saturated rings. The Labute approximate surface area is 124 Å². The minimum Gasteiger partial charge on any atom is -0.480 e. The van der Waals surface area contributed by atoms with Gasteiger partial charge >= 0.3 is 12.0 Å². The highest BCUT2D eigenvalue weighted by Crippen LogP contribution is 2.33. The van der Waals surface area contributed by atoms with Crippen LogP contribution in [0.2, 0.25) is 0 Å². The number of anilines is 1. The second-order valence-corrected chi connectivity index (χ2v) is 4.97. The summed E-state index contributed by atoms with van der Waals surface area (Å²) in [5.41, 5.74) is 1.53. The summed E-state index contributed by atoms with van der Waals surface area (Å²) >= 11 is 0. The summed E-state index contributed by atoms with van der Waals surface area (Å²) < 4.78 is 0. The fourth-order valence-corrected chi connectivity index (χ4v) is 2.59. The number of benzene rings is 1. The van der Waals surface area contributed by atoms with Crippen molar-refractivity contribution in [2.75, 3.05) is 18.0 Å². The quantitative estimate of drug-likeness (QED) is 0.861. The molecular formula is C16H18N2O3. The number of carbonyl (C=O) groups is 2. The Morgan fingerprint density at radius 2 is 2.19 bits per heavy atom. The highest BCUT2D eigenvalue weighted by Gasteiger charge is 2.39. The Bertz CT molecular complexity index is 591. The van der Waals surface area contributed by atoms with Crippen LogP contribution < -0.4 is 4.90 Å². The van der Waals surface area contributed by atoms with E-state index >= 15 is 0 Å². The van der Waals surface area contributed by atoms with Crippen LogP contribution in [0.1, 0.15) is 18.9 Å². The molecule has 2 rings (SSSR count). The lowest BCUT2D eigenvalue weighted by molar-refractivity contribution is -0.138. The molecule has 1 aromatic rings. The average Bonchev–Trinajstić information content (AvgIpc) is 2.86. The number of hydrogen-bond acceptors (Lipinski definition) is 2. The standard InChI is InChI=1S/C16H18N2O3/c1-3-9-17(10-4-2)16(21)18-13-8-6-5-7-12(13)11-14(18)15(19)20/h1,5-8,14H,4,9-11H2,2H3,(H,19,20)/t14-/m0/s1. The van der Waals surface area contributed by atoms with Crippen molar-refractivity contribution in [2.24, 2.45) is 0 Å². The smallest absolute Gasteiger partial charge is 0.327 e. The van der Waals surface area contributed by atoms with Crippen molar-refractivity contribution in [1.29, 1.82) is 0 Å². The molecule has 1 aromatic carbocycles. The van der Waals surface area contributed by atoms with Gasteiger partial charge in [-0.1, -0.05) is 31.0 Å². The topological polar surface area (TPSA) is 60.9 Å². The Kier molecular flexibility index (Phi) is 4.49. The Morgan fingerprint density at radius 3 is 2.81 bits per heavy atom. The number of hydrogen-bond donors (Lipinski definition) is 1. The fourth-order valence-electron chi connectivity index (χ4n) is 2.59. The minimum absolute atomic E-state index is 0.178. The number of carboxylic acids is 1. The van der Waals surface area contributed by atoms with E-state index in [1.807, 2.05) is 19.1 Å². The average molecular weight is 286 g/mol. The summed E-state index contributed by atoms with van der Waals surface area (Å²) in [7, 11) is 0. The summed E-state index contributed by atoms with van der Waals surface area (Å²) in [5.74, 6) is 1.45. The molecule has 0 saturated carbocycles. The molecule has 0 radical (unpaired) electrons. The maximum Gasteiger partial charge on any atom is 0.327 e. The molecule has 0 aliphatic carbocycles. The van der Waals surface area contributed by atoms with Gasteiger partial charge in [0.05, 0.1) is 6.54 Å². The van der Waals surface area contributed by atoms with E-state index in [4.69, 9.17) is 6.42 Å². The first kappa shape index (κ1) is 14.9. The zero-order chi connectivity index (χ0) is 15.4. The highest BCUT2D eigenvalue weighted by molar-refractivity contribution is 6.01. The summed E-state index contributed by atoms with van der Waals surface area (Å²) in [5, 5.41) is 9.39. The van der Waals surface area contributed by atoms with Gasteiger partial charge in [-0.25, -0.2) is 9.59 Å². The Balaban J connectivity index is 2.36. The number of aliphatic carboxylic acids is 1. The van der Waals surface area contributed by atoms with Crippen molar-refractivity contribution in [3.05, 3.63) is 29.8 Å². The largest absolute Gasteiger partial charge is 0.480 e. The summed E-state index contributed by atoms with van der Waals surface area (Å²) in [6, 6.07) is 6.06. The van der Waals surface area contributed by atoms with Gasteiger partial charge in [0, 0.05) is 18.7 Å². The number of para-hydroxylation sites is 1. The first-order valence-corrected chi connectivity index (χ1v) is 6.92. The Morgan fingerprint density at radius 1 is 1.48 bits per heavy atom. The molecular weight excluding hydrogens is 268 g/mol. The molecule has 0 bridgehead atoms. The van der Waals surface area contributed by atoms with Crippen molar-refractivity contribution in [2.45, 2.75) is 25.8 Å². The van der Waals surface area contributed by atoms with E-state index in [2.05, 4.69) is 5.92 Å². The maximum atomic E-state index is 12.7. The molecule has 1 aliphatic rings. The van der Waals surface area contributed by atoms with Crippen LogP contribution in [0.3, 0.4) is 0 Å². The number of terminal acetylenes is 1. The number of amides is 2. The molecule has 5 nitrogen and oxygen atoms in total. The van der Waals surface area contributed by atoms with E-state index in [0.29, 0.717) is 18.7 Å². The normalized spacial score (nSPS) is 16.2. The molecule has 0 spiro atoms. The SMILES string of the molecule is C#CCN(CCC)C(=O)N1c2ccccc2C[C@H]1C(=O)O. The van der Waals surface area contributed by atoms with Crippen LogP contribution in [0.15, 0.2) is 24.3 Å². The minimum atomic E-state index is -1.00. The van der Waals surface area contributed by atoms with E-state index in [1.165, 1.54) is 9.80 Å². The van der Waals surface area contributed by atoms with Crippen LogP contribution in [0.25, 0.3) is 0 Å². The van der Waals surface area contributed by atoms with Crippen molar-refractivity contribution in [1.82, 2.24) is 4.90 Å². The number of carboxylic acid groups (broad SMARTS) is 1. The third-order valence-electron chi connectivity index (χ3n) is 3.51. The van der Waals surface area contributed by atoms with Crippen molar-refractivity contribution in [3.63, 3.8) is 0 Å². The molecule has 1 aliphatic heterocycles. The molecule has 1 atom stereocenters. The second kappa shape index (κ2) is 6.31. The van der Waals surface area contributed by atoms with E-state index in [9.17, 15) is 14.7 Å². The van der Waals surface area contributed by atoms with Crippen LogP contribution in [-0.2, 0) is 11.2 Å². The molecule has 0 saturated heterocycles. The zero-order valence-electron chi connectivity index (χ0n) is 12.0. The number of fused-ring (bicyclic) bond motifs is 1. The molecule has 21 heavy (non-hydrogen) atoms. The number of carbonyl (C=O) groups excluding carboxylic acids is 1. The lowest BCUT2D eigenvalue weighted by Gasteiger charge is -2.29. The molecule has 1 heterocycles. The van der Waals surface area contributed by atoms with E-state index in [-0.39, 0.29) is 12.6 Å². The summed E-state index contributed by atoms with van der Waals surface area (Å²) in [6.07, 6.45) is 6.40. The monoisotopic (exact) mass is 286 g/mol. The molecule has 0 unspecified atom stereocenters. The highest BCUT2D eigenvalue weighted by atomic mass is 16.4. The van der Waals surface area contributed by atoms with Crippen LogP contribution in [0.4, 0.5) is 10.5 Å². The summed E-state index contributed by atoms with van der Waals surface area (Å²) in [6.45, 7) is 2.63. The van der Waals surface area contributed by atoms with Crippen molar-refractivity contribution >= 4 is 17.7 Å². The van der Waals surface area contributed by atoms with E-state index in [0.717, 1.165) is 12.0 Å². The van der Waals surface area contributed by atoms with Gasteiger partial charge in [0.2, 0.25) is 0 Å². The second-order valence-electron chi connectivity index (χ2n) is 4.97. The fraction of sp³-hybridized carbons (Fsp3) is 0.375. The number of nitrogens with zero attached hydrogens (tertiary/aromatic N) is 2. The number of rotatable bonds is 4. The lowest BCUT2D eigenvalue weighted by atomic mass is 10.1. The molecule has 2 amide bonds. The first-order valence-electron chi connectivity index (χ1n) is 6.92. The van der Waals surface area contributed by atoms with E-state index < -0.39 is 12.0 Å². The number of urea groups is 1. The zero-order valence-corrected chi connectivity index (χ0v) is 12.0.